The van der Waals surface area contributed by atoms with Gasteiger partial charge >= 0.3 is 0 Å². The van der Waals surface area contributed by atoms with Crippen molar-refractivity contribution in [2.45, 2.75) is 0 Å². The molecule has 0 bridgehead atoms. The maximum atomic E-state index is 12.5. The van der Waals surface area contributed by atoms with E-state index >= 15 is 0 Å². The van der Waals surface area contributed by atoms with E-state index in [-0.39, 0.29) is 11.8 Å². The van der Waals surface area contributed by atoms with Crippen molar-refractivity contribution in [3.8, 4) is 11.5 Å². The largest absolute Gasteiger partial charge is 0.497 e. The van der Waals surface area contributed by atoms with Crippen LogP contribution in [0.2, 0.25) is 0 Å². The Bertz CT molecular complexity index is 950. The molecule has 7 heteroatoms. The fourth-order valence-corrected chi connectivity index (χ4v) is 2.48. The summed E-state index contributed by atoms with van der Waals surface area (Å²) in [4.78, 5) is 28.6. The standard InChI is InChI=1S/C21H19N3O4/c1-27-18-10-15(11-19(12-18)28-2)21(26)24-17-7-5-16(6-8-17)23-20(25)14-4-3-9-22-13-14/h3-13H,1-2H3,(H,23,25)(H,24,26). The minimum absolute atomic E-state index is 0.256. The first-order valence-corrected chi connectivity index (χ1v) is 8.45. The molecular formula is C21H19N3O4. The molecule has 1 aromatic heterocycles. The number of anilines is 2. The van der Waals surface area contributed by atoms with Crippen molar-refractivity contribution in [3.63, 3.8) is 0 Å². The van der Waals surface area contributed by atoms with Gasteiger partial charge in [0.05, 0.1) is 19.8 Å². The van der Waals surface area contributed by atoms with E-state index in [4.69, 9.17) is 9.47 Å². The quantitative estimate of drug-likeness (QED) is 0.685. The SMILES string of the molecule is COc1cc(OC)cc(C(=O)Nc2ccc(NC(=O)c3cccnc3)cc2)c1. The Morgan fingerprint density at radius 3 is 1.79 bits per heavy atom. The minimum Gasteiger partial charge on any atom is -0.497 e. The van der Waals surface area contributed by atoms with Gasteiger partial charge < -0.3 is 20.1 Å². The number of rotatable bonds is 6. The van der Waals surface area contributed by atoms with E-state index < -0.39 is 0 Å². The zero-order chi connectivity index (χ0) is 19.9. The van der Waals surface area contributed by atoms with Gasteiger partial charge in [0.25, 0.3) is 11.8 Å². The highest BCUT2D eigenvalue weighted by atomic mass is 16.5. The number of ether oxygens (including phenoxy) is 2. The smallest absolute Gasteiger partial charge is 0.257 e. The second-order valence-corrected chi connectivity index (χ2v) is 5.83. The molecule has 2 amide bonds. The highest BCUT2D eigenvalue weighted by Crippen LogP contribution is 2.23. The van der Waals surface area contributed by atoms with Gasteiger partial charge in [-0.15, -0.1) is 0 Å². The molecule has 0 unspecified atom stereocenters. The molecule has 0 spiro atoms. The van der Waals surface area contributed by atoms with Gasteiger partial charge in [-0.25, -0.2) is 0 Å². The molecule has 0 aliphatic rings. The van der Waals surface area contributed by atoms with Crippen molar-refractivity contribution in [2.75, 3.05) is 24.9 Å². The molecule has 7 nitrogen and oxygen atoms in total. The van der Waals surface area contributed by atoms with Crippen molar-refractivity contribution in [1.29, 1.82) is 0 Å². The second kappa shape index (κ2) is 8.68. The number of carbonyl (C=O) groups excluding carboxylic acids is 2. The van der Waals surface area contributed by atoms with Crippen LogP contribution in [0.5, 0.6) is 11.5 Å². The van der Waals surface area contributed by atoms with E-state index in [9.17, 15) is 9.59 Å². The zero-order valence-electron chi connectivity index (χ0n) is 15.4. The molecule has 1 heterocycles. The molecule has 2 N–H and O–H groups in total. The Hall–Kier alpha value is -3.87. The Kier molecular flexibility index (Phi) is 5.86. The monoisotopic (exact) mass is 377 g/mol. The zero-order valence-corrected chi connectivity index (χ0v) is 15.4. The number of nitrogens with one attached hydrogen (secondary N) is 2. The van der Waals surface area contributed by atoms with Crippen LogP contribution in [0.3, 0.4) is 0 Å². The van der Waals surface area contributed by atoms with Gasteiger partial charge in [-0.1, -0.05) is 0 Å². The number of carbonyl (C=O) groups is 2. The lowest BCUT2D eigenvalue weighted by molar-refractivity contribution is 0.101. The average Bonchev–Trinajstić information content (AvgIpc) is 2.75. The lowest BCUT2D eigenvalue weighted by Gasteiger charge is -2.10. The van der Waals surface area contributed by atoms with Crippen molar-refractivity contribution in [1.82, 2.24) is 4.98 Å². The maximum absolute atomic E-state index is 12.5. The number of hydrogen-bond acceptors (Lipinski definition) is 5. The Labute approximate surface area is 162 Å². The predicted molar refractivity (Wildman–Crippen MR) is 106 cm³/mol. The van der Waals surface area contributed by atoms with Gasteiger partial charge in [0.15, 0.2) is 0 Å². The first-order chi connectivity index (χ1) is 13.6. The molecule has 0 saturated carbocycles. The number of benzene rings is 2. The number of hydrogen-bond donors (Lipinski definition) is 2. The van der Waals surface area contributed by atoms with Crippen LogP contribution < -0.4 is 20.1 Å². The van der Waals surface area contributed by atoms with Gasteiger partial charge in [-0.05, 0) is 48.5 Å². The molecule has 0 radical (unpaired) electrons. The molecule has 2 aromatic carbocycles. The molecule has 3 rings (SSSR count). The van der Waals surface area contributed by atoms with Gasteiger partial charge in [0.2, 0.25) is 0 Å². The molecule has 0 aliphatic carbocycles. The Morgan fingerprint density at radius 1 is 0.786 bits per heavy atom. The van der Waals surface area contributed by atoms with E-state index in [2.05, 4.69) is 15.6 Å². The van der Waals surface area contributed by atoms with Crippen LogP contribution in [-0.2, 0) is 0 Å². The molecular weight excluding hydrogens is 358 g/mol. The molecule has 28 heavy (non-hydrogen) atoms. The first-order valence-electron chi connectivity index (χ1n) is 8.45. The number of methoxy groups -OCH3 is 2. The normalized spacial score (nSPS) is 10.1. The van der Waals surface area contributed by atoms with Crippen molar-refractivity contribution >= 4 is 23.2 Å². The van der Waals surface area contributed by atoms with E-state index in [1.807, 2.05) is 0 Å². The number of nitrogens with zero attached hydrogens (tertiary/aromatic N) is 1. The third-order valence-electron chi connectivity index (χ3n) is 3.94. The predicted octanol–water partition coefficient (Wildman–Crippen LogP) is 3.60. The van der Waals surface area contributed by atoms with Crippen LogP contribution in [0.25, 0.3) is 0 Å². The summed E-state index contributed by atoms with van der Waals surface area (Å²) in [5.41, 5.74) is 2.07. The number of amides is 2. The van der Waals surface area contributed by atoms with Gasteiger partial charge in [0.1, 0.15) is 11.5 Å². The minimum atomic E-state index is -0.302. The molecule has 0 atom stereocenters. The summed E-state index contributed by atoms with van der Waals surface area (Å²) in [6.07, 6.45) is 3.10. The summed E-state index contributed by atoms with van der Waals surface area (Å²) in [7, 11) is 3.05. The van der Waals surface area contributed by atoms with Crippen LogP contribution in [0, 0.1) is 0 Å². The molecule has 142 valence electrons. The summed E-state index contributed by atoms with van der Waals surface area (Å²) in [5.74, 6) is 0.494. The molecule has 0 fully saturated rings. The van der Waals surface area contributed by atoms with Gasteiger partial charge in [-0.3, -0.25) is 14.6 Å². The second-order valence-electron chi connectivity index (χ2n) is 5.83. The van der Waals surface area contributed by atoms with Crippen LogP contribution in [-0.4, -0.2) is 31.0 Å². The highest BCUT2D eigenvalue weighted by molar-refractivity contribution is 6.06. The first kappa shape index (κ1) is 18.9. The fourth-order valence-electron chi connectivity index (χ4n) is 2.48. The van der Waals surface area contributed by atoms with E-state index in [0.717, 1.165) is 0 Å². The molecule has 3 aromatic rings. The molecule has 0 aliphatic heterocycles. The van der Waals surface area contributed by atoms with Crippen LogP contribution in [0.15, 0.2) is 67.0 Å². The number of pyridine rings is 1. The lowest BCUT2D eigenvalue weighted by Crippen LogP contribution is -2.13. The van der Waals surface area contributed by atoms with Crippen molar-refractivity contribution < 1.29 is 19.1 Å². The summed E-state index contributed by atoms with van der Waals surface area (Å²) in [5, 5.41) is 5.58. The summed E-state index contributed by atoms with van der Waals surface area (Å²) in [6.45, 7) is 0. The molecule has 0 saturated heterocycles. The van der Waals surface area contributed by atoms with E-state index in [0.29, 0.717) is 34.0 Å². The van der Waals surface area contributed by atoms with Crippen LogP contribution >= 0.6 is 0 Å². The van der Waals surface area contributed by atoms with Crippen LogP contribution in [0.1, 0.15) is 20.7 Å². The van der Waals surface area contributed by atoms with Crippen molar-refractivity contribution in [3.05, 3.63) is 78.1 Å². The maximum Gasteiger partial charge on any atom is 0.257 e. The van der Waals surface area contributed by atoms with E-state index in [1.165, 1.54) is 20.4 Å². The summed E-state index contributed by atoms with van der Waals surface area (Å²) >= 11 is 0. The van der Waals surface area contributed by atoms with Gasteiger partial charge in [0, 0.05) is 35.4 Å². The summed E-state index contributed by atoms with van der Waals surface area (Å²) in [6, 6.07) is 15.1. The highest BCUT2D eigenvalue weighted by Gasteiger charge is 2.11. The van der Waals surface area contributed by atoms with E-state index in [1.54, 1.807) is 60.8 Å². The third-order valence-corrected chi connectivity index (χ3v) is 3.94. The van der Waals surface area contributed by atoms with Gasteiger partial charge in [-0.2, -0.15) is 0 Å². The van der Waals surface area contributed by atoms with Crippen molar-refractivity contribution in [2.24, 2.45) is 0 Å². The number of aromatic nitrogens is 1. The summed E-state index contributed by atoms with van der Waals surface area (Å²) < 4.78 is 10.4. The Morgan fingerprint density at radius 2 is 1.32 bits per heavy atom. The lowest BCUT2D eigenvalue weighted by atomic mass is 10.1. The average molecular weight is 377 g/mol. The third kappa shape index (κ3) is 4.64. The fraction of sp³-hybridized carbons (Fsp3) is 0.0952. The van der Waals surface area contributed by atoms with Crippen LogP contribution in [0.4, 0.5) is 11.4 Å². The topological polar surface area (TPSA) is 89.5 Å². The Balaban J connectivity index is 1.67.